The molecule has 1 atom stereocenters. The summed E-state index contributed by atoms with van der Waals surface area (Å²) >= 11 is 0. The molecular formula is C26H25FN2O4. The number of nitrogens with one attached hydrogen (secondary N) is 1. The van der Waals surface area contributed by atoms with Crippen molar-refractivity contribution in [1.82, 2.24) is 4.90 Å². The number of rotatable bonds is 8. The molecule has 0 saturated carbocycles. The van der Waals surface area contributed by atoms with Gasteiger partial charge in [-0.2, -0.15) is 0 Å². The number of fused-ring (bicyclic) bond motifs is 1. The molecule has 170 valence electrons. The summed E-state index contributed by atoms with van der Waals surface area (Å²) in [6, 6.07) is 18.2. The van der Waals surface area contributed by atoms with Gasteiger partial charge in [0.2, 0.25) is 5.91 Å². The number of nitrogens with zero attached hydrogens (tertiary/aromatic N) is 1. The Morgan fingerprint density at radius 3 is 2.58 bits per heavy atom. The lowest BCUT2D eigenvalue weighted by Gasteiger charge is -2.28. The van der Waals surface area contributed by atoms with E-state index in [2.05, 4.69) is 5.32 Å². The third-order valence-electron chi connectivity index (χ3n) is 5.62. The fourth-order valence-corrected chi connectivity index (χ4v) is 4.04. The van der Waals surface area contributed by atoms with Gasteiger partial charge in [-0.1, -0.05) is 36.4 Å². The molecule has 3 aromatic rings. The van der Waals surface area contributed by atoms with E-state index in [4.69, 9.17) is 9.47 Å². The summed E-state index contributed by atoms with van der Waals surface area (Å²) < 4.78 is 25.1. The molecule has 1 aliphatic heterocycles. The van der Waals surface area contributed by atoms with Crippen molar-refractivity contribution in [3.05, 3.63) is 89.2 Å². The van der Waals surface area contributed by atoms with Crippen molar-refractivity contribution in [3.8, 4) is 11.5 Å². The van der Waals surface area contributed by atoms with Crippen molar-refractivity contribution in [2.24, 2.45) is 0 Å². The van der Waals surface area contributed by atoms with E-state index in [1.807, 2.05) is 31.2 Å². The van der Waals surface area contributed by atoms with Crippen LogP contribution in [0.2, 0.25) is 0 Å². The zero-order chi connectivity index (χ0) is 23.4. The maximum Gasteiger partial charge on any atom is 0.255 e. The molecule has 1 N–H and O–H groups in total. The Morgan fingerprint density at radius 1 is 1.09 bits per heavy atom. The molecule has 0 bridgehead atoms. The molecule has 0 spiro atoms. The number of hydrogen-bond donors (Lipinski definition) is 1. The number of para-hydroxylation sites is 1. The van der Waals surface area contributed by atoms with Gasteiger partial charge in [0.1, 0.15) is 5.82 Å². The molecule has 1 heterocycles. The SMILES string of the molecule is CCOc1ccc([C@H](CC(=O)Nc2ccccc2F)N2Cc3ccccc3C2=O)cc1OC. The van der Waals surface area contributed by atoms with Gasteiger partial charge in [-0.15, -0.1) is 0 Å². The largest absolute Gasteiger partial charge is 0.493 e. The van der Waals surface area contributed by atoms with Crippen LogP contribution in [0, 0.1) is 5.82 Å². The number of amides is 2. The first-order chi connectivity index (χ1) is 16.0. The molecule has 7 heteroatoms. The van der Waals surface area contributed by atoms with Crippen molar-refractivity contribution >= 4 is 17.5 Å². The normalized spacial score (nSPS) is 13.4. The zero-order valence-corrected chi connectivity index (χ0v) is 18.5. The zero-order valence-electron chi connectivity index (χ0n) is 18.5. The summed E-state index contributed by atoms with van der Waals surface area (Å²) in [6.45, 7) is 2.73. The van der Waals surface area contributed by atoms with Crippen molar-refractivity contribution in [2.45, 2.75) is 25.9 Å². The van der Waals surface area contributed by atoms with Gasteiger partial charge < -0.3 is 19.7 Å². The van der Waals surface area contributed by atoms with Gasteiger partial charge in [0.05, 0.1) is 31.9 Å². The van der Waals surface area contributed by atoms with Crippen LogP contribution in [0.15, 0.2) is 66.7 Å². The summed E-state index contributed by atoms with van der Waals surface area (Å²) in [4.78, 5) is 27.8. The fraction of sp³-hybridized carbons (Fsp3) is 0.231. The van der Waals surface area contributed by atoms with Crippen LogP contribution in [0.4, 0.5) is 10.1 Å². The maximum absolute atomic E-state index is 14.1. The minimum absolute atomic E-state index is 0.0504. The molecule has 6 nitrogen and oxygen atoms in total. The van der Waals surface area contributed by atoms with Crippen LogP contribution in [0.3, 0.4) is 0 Å². The smallest absolute Gasteiger partial charge is 0.255 e. The minimum Gasteiger partial charge on any atom is -0.493 e. The second-order valence-electron chi connectivity index (χ2n) is 7.68. The molecule has 3 aromatic carbocycles. The number of benzene rings is 3. The lowest BCUT2D eigenvalue weighted by molar-refractivity contribution is -0.117. The second kappa shape index (κ2) is 9.73. The Labute approximate surface area is 191 Å². The van der Waals surface area contributed by atoms with E-state index in [-0.39, 0.29) is 18.0 Å². The number of anilines is 1. The minimum atomic E-state index is -0.582. The highest BCUT2D eigenvalue weighted by Gasteiger charge is 2.35. The average molecular weight is 448 g/mol. The Morgan fingerprint density at radius 2 is 1.85 bits per heavy atom. The van der Waals surface area contributed by atoms with Gasteiger partial charge in [0, 0.05) is 12.1 Å². The molecular weight excluding hydrogens is 423 g/mol. The highest BCUT2D eigenvalue weighted by Crippen LogP contribution is 2.37. The topological polar surface area (TPSA) is 67.9 Å². The number of carbonyl (C=O) groups is 2. The summed E-state index contributed by atoms with van der Waals surface area (Å²) in [5.41, 5.74) is 2.34. The standard InChI is InChI=1S/C26H25FN2O4/c1-3-33-23-13-12-17(14-24(23)32-2)22(15-25(30)28-21-11-7-6-10-20(21)27)29-16-18-8-4-5-9-19(18)26(29)31/h4-14,22H,3,15-16H2,1-2H3,(H,28,30)/t22-/m0/s1. The molecule has 2 amide bonds. The molecule has 4 rings (SSSR count). The Bertz CT molecular complexity index is 1180. The van der Waals surface area contributed by atoms with E-state index in [9.17, 15) is 14.0 Å². The van der Waals surface area contributed by atoms with E-state index in [1.165, 1.54) is 12.1 Å². The van der Waals surface area contributed by atoms with Crippen LogP contribution in [0.5, 0.6) is 11.5 Å². The first-order valence-corrected chi connectivity index (χ1v) is 10.8. The van der Waals surface area contributed by atoms with Gasteiger partial charge in [-0.05, 0) is 48.4 Å². The monoisotopic (exact) mass is 448 g/mol. The van der Waals surface area contributed by atoms with Crippen LogP contribution < -0.4 is 14.8 Å². The Balaban J connectivity index is 1.66. The lowest BCUT2D eigenvalue weighted by atomic mass is 10.0. The summed E-state index contributed by atoms with van der Waals surface area (Å²) in [5.74, 6) is 0.0195. The van der Waals surface area contributed by atoms with Gasteiger partial charge in [0.15, 0.2) is 11.5 Å². The van der Waals surface area contributed by atoms with Gasteiger partial charge in [-0.25, -0.2) is 4.39 Å². The molecule has 33 heavy (non-hydrogen) atoms. The predicted molar refractivity (Wildman–Crippen MR) is 123 cm³/mol. The number of hydrogen-bond acceptors (Lipinski definition) is 4. The van der Waals surface area contributed by atoms with E-state index >= 15 is 0 Å². The molecule has 0 radical (unpaired) electrons. The Hall–Kier alpha value is -3.87. The van der Waals surface area contributed by atoms with Gasteiger partial charge in [-0.3, -0.25) is 9.59 Å². The molecule has 0 aliphatic carbocycles. The van der Waals surface area contributed by atoms with E-state index in [1.54, 1.807) is 42.3 Å². The van der Waals surface area contributed by atoms with Crippen molar-refractivity contribution < 1.29 is 23.5 Å². The van der Waals surface area contributed by atoms with Crippen molar-refractivity contribution in [2.75, 3.05) is 19.0 Å². The number of halogens is 1. The quantitative estimate of drug-likeness (QED) is 0.529. The molecule has 0 unspecified atom stereocenters. The van der Waals surface area contributed by atoms with E-state index < -0.39 is 17.8 Å². The Kier molecular flexibility index (Phi) is 6.58. The van der Waals surface area contributed by atoms with E-state index in [0.29, 0.717) is 30.2 Å². The van der Waals surface area contributed by atoms with Crippen LogP contribution in [-0.2, 0) is 11.3 Å². The molecule has 0 fully saturated rings. The first-order valence-electron chi connectivity index (χ1n) is 10.8. The first kappa shape index (κ1) is 22.3. The number of methoxy groups -OCH3 is 1. The number of ether oxygens (including phenoxy) is 2. The average Bonchev–Trinajstić information content (AvgIpc) is 3.16. The summed E-state index contributed by atoms with van der Waals surface area (Å²) in [7, 11) is 1.54. The van der Waals surface area contributed by atoms with Crippen LogP contribution in [-0.4, -0.2) is 30.4 Å². The highest BCUT2D eigenvalue weighted by atomic mass is 19.1. The molecule has 0 saturated heterocycles. The van der Waals surface area contributed by atoms with Gasteiger partial charge in [0.25, 0.3) is 5.91 Å². The summed E-state index contributed by atoms with van der Waals surface area (Å²) in [6.07, 6.45) is -0.0504. The van der Waals surface area contributed by atoms with Crippen LogP contribution >= 0.6 is 0 Å². The maximum atomic E-state index is 14.1. The van der Waals surface area contributed by atoms with Crippen LogP contribution in [0.1, 0.15) is 40.9 Å². The summed E-state index contributed by atoms with van der Waals surface area (Å²) in [5, 5.41) is 2.62. The van der Waals surface area contributed by atoms with E-state index in [0.717, 1.165) is 11.1 Å². The molecule has 1 aliphatic rings. The predicted octanol–water partition coefficient (Wildman–Crippen LogP) is 4.96. The fourth-order valence-electron chi connectivity index (χ4n) is 4.04. The second-order valence-corrected chi connectivity index (χ2v) is 7.68. The third-order valence-corrected chi connectivity index (χ3v) is 5.62. The van der Waals surface area contributed by atoms with Gasteiger partial charge >= 0.3 is 0 Å². The number of carbonyl (C=O) groups excluding carboxylic acids is 2. The molecule has 0 aromatic heterocycles. The van der Waals surface area contributed by atoms with Crippen LogP contribution in [0.25, 0.3) is 0 Å². The highest BCUT2D eigenvalue weighted by molar-refractivity contribution is 5.99. The lowest BCUT2D eigenvalue weighted by Crippen LogP contribution is -2.32. The van der Waals surface area contributed by atoms with Crippen molar-refractivity contribution in [3.63, 3.8) is 0 Å². The third kappa shape index (κ3) is 4.67. The van der Waals surface area contributed by atoms with Crippen molar-refractivity contribution in [1.29, 1.82) is 0 Å².